The number of hydrogen-bond acceptors (Lipinski definition) is 2. The van der Waals surface area contributed by atoms with Gasteiger partial charge in [-0.15, -0.1) is 0 Å². The average molecular weight is 198 g/mol. The van der Waals surface area contributed by atoms with Crippen molar-refractivity contribution in [1.82, 2.24) is 0 Å². The molecule has 2 heteroatoms. The molecule has 82 valence electrons. The van der Waals surface area contributed by atoms with E-state index in [-0.39, 0.29) is 0 Å². The molecule has 1 saturated carbocycles. The summed E-state index contributed by atoms with van der Waals surface area (Å²) >= 11 is 0. The fourth-order valence-electron chi connectivity index (χ4n) is 1.72. The van der Waals surface area contributed by atoms with Gasteiger partial charge in [-0.05, 0) is 24.7 Å². The number of Topliss-reactive ketones (excluding diaryl/α,β-unsaturated/α-hetero) is 1. The van der Waals surface area contributed by atoms with Gasteiger partial charge in [-0.2, -0.15) is 0 Å². The highest BCUT2D eigenvalue weighted by Gasteiger charge is 2.18. The Morgan fingerprint density at radius 3 is 2.64 bits per heavy atom. The monoisotopic (exact) mass is 198 g/mol. The van der Waals surface area contributed by atoms with Crippen molar-refractivity contribution in [2.45, 2.75) is 46.0 Å². The van der Waals surface area contributed by atoms with Gasteiger partial charge < -0.3 is 4.74 Å². The van der Waals surface area contributed by atoms with E-state index in [1.165, 1.54) is 6.42 Å². The Hall–Kier alpha value is -0.370. The lowest BCUT2D eigenvalue weighted by molar-refractivity contribution is -0.121. The molecule has 0 amide bonds. The second-order valence-electron chi connectivity index (χ2n) is 4.53. The van der Waals surface area contributed by atoms with Crippen LogP contribution in [-0.2, 0) is 9.53 Å². The van der Waals surface area contributed by atoms with Gasteiger partial charge >= 0.3 is 0 Å². The Morgan fingerprint density at radius 1 is 1.43 bits per heavy atom. The Morgan fingerprint density at radius 2 is 2.07 bits per heavy atom. The summed E-state index contributed by atoms with van der Waals surface area (Å²) in [7, 11) is 0. The average Bonchev–Trinajstić information content (AvgIpc) is 2.21. The Labute approximate surface area is 87.0 Å². The van der Waals surface area contributed by atoms with E-state index in [1.54, 1.807) is 0 Å². The standard InChI is InChI=1S/C12H22O2/c1-3-10(2)8-14-9-11-4-6-12(13)7-5-11/h10-11H,3-9H2,1-2H3. The molecule has 0 spiro atoms. The third-order valence-electron chi connectivity index (χ3n) is 3.12. The maximum atomic E-state index is 11.0. The van der Waals surface area contributed by atoms with Gasteiger partial charge in [0, 0.05) is 26.1 Å². The van der Waals surface area contributed by atoms with Crippen molar-refractivity contribution in [1.29, 1.82) is 0 Å². The van der Waals surface area contributed by atoms with Gasteiger partial charge in [0.15, 0.2) is 0 Å². The molecule has 1 rings (SSSR count). The zero-order valence-electron chi connectivity index (χ0n) is 9.42. The van der Waals surface area contributed by atoms with Crippen LogP contribution < -0.4 is 0 Å². The molecule has 0 aromatic rings. The van der Waals surface area contributed by atoms with Crippen molar-refractivity contribution in [3.63, 3.8) is 0 Å². The van der Waals surface area contributed by atoms with E-state index in [1.807, 2.05) is 0 Å². The zero-order valence-corrected chi connectivity index (χ0v) is 9.42. The van der Waals surface area contributed by atoms with Crippen molar-refractivity contribution in [2.75, 3.05) is 13.2 Å². The summed E-state index contributed by atoms with van der Waals surface area (Å²) in [4.78, 5) is 11.0. The molecule has 0 radical (unpaired) electrons. The minimum atomic E-state index is 0.433. The summed E-state index contributed by atoms with van der Waals surface area (Å²) in [5.41, 5.74) is 0. The highest BCUT2D eigenvalue weighted by molar-refractivity contribution is 5.78. The van der Waals surface area contributed by atoms with E-state index in [0.29, 0.717) is 17.6 Å². The van der Waals surface area contributed by atoms with E-state index in [4.69, 9.17) is 4.74 Å². The SMILES string of the molecule is CCC(C)COCC1CCC(=O)CC1. The highest BCUT2D eigenvalue weighted by Crippen LogP contribution is 2.21. The minimum Gasteiger partial charge on any atom is -0.381 e. The lowest BCUT2D eigenvalue weighted by Crippen LogP contribution is -2.19. The van der Waals surface area contributed by atoms with Crippen LogP contribution in [0.2, 0.25) is 0 Å². The lowest BCUT2D eigenvalue weighted by atomic mass is 9.89. The van der Waals surface area contributed by atoms with Crippen LogP contribution in [-0.4, -0.2) is 19.0 Å². The van der Waals surface area contributed by atoms with Crippen LogP contribution in [0.1, 0.15) is 46.0 Å². The van der Waals surface area contributed by atoms with E-state index in [0.717, 1.165) is 38.9 Å². The van der Waals surface area contributed by atoms with Crippen LogP contribution in [0.25, 0.3) is 0 Å². The lowest BCUT2D eigenvalue weighted by Gasteiger charge is -2.21. The van der Waals surface area contributed by atoms with Crippen LogP contribution >= 0.6 is 0 Å². The summed E-state index contributed by atoms with van der Waals surface area (Å²) < 4.78 is 5.65. The van der Waals surface area contributed by atoms with Gasteiger partial charge in [-0.25, -0.2) is 0 Å². The first kappa shape index (κ1) is 11.7. The Balaban J connectivity index is 2.04. The van der Waals surface area contributed by atoms with Gasteiger partial charge in [-0.1, -0.05) is 20.3 Å². The topological polar surface area (TPSA) is 26.3 Å². The molecule has 1 aliphatic carbocycles. The van der Waals surface area contributed by atoms with Crippen LogP contribution in [0.15, 0.2) is 0 Å². The highest BCUT2D eigenvalue weighted by atomic mass is 16.5. The van der Waals surface area contributed by atoms with Gasteiger partial charge in [0.05, 0.1) is 0 Å². The van der Waals surface area contributed by atoms with Crippen LogP contribution in [0.4, 0.5) is 0 Å². The van der Waals surface area contributed by atoms with Crippen LogP contribution in [0.3, 0.4) is 0 Å². The normalized spacial score (nSPS) is 21.1. The largest absolute Gasteiger partial charge is 0.381 e. The number of ether oxygens (including phenoxy) is 1. The second-order valence-corrected chi connectivity index (χ2v) is 4.53. The smallest absolute Gasteiger partial charge is 0.132 e. The maximum Gasteiger partial charge on any atom is 0.132 e. The molecule has 14 heavy (non-hydrogen) atoms. The number of rotatable bonds is 5. The number of hydrogen-bond donors (Lipinski definition) is 0. The first-order valence-corrected chi connectivity index (χ1v) is 5.81. The number of ketones is 1. The summed E-state index contributed by atoms with van der Waals surface area (Å²) in [5.74, 6) is 1.74. The molecule has 0 N–H and O–H groups in total. The molecule has 1 atom stereocenters. The predicted molar refractivity (Wildman–Crippen MR) is 57.2 cm³/mol. The van der Waals surface area contributed by atoms with Crippen molar-refractivity contribution >= 4 is 5.78 Å². The zero-order chi connectivity index (χ0) is 10.4. The molecule has 0 aromatic heterocycles. The molecule has 0 aliphatic heterocycles. The van der Waals surface area contributed by atoms with Gasteiger partial charge in [0.2, 0.25) is 0 Å². The van der Waals surface area contributed by atoms with E-state index in [2.05, 4.69) is 13.8 Å². The summed E-state index contributed by atoms with van der Waals surface area (Å²) in [5, 5.41) is 0. The molecule has 0 bridgehead atoms. The molecule has 0 heterocycles. The van der Waals surface area contributed by atoms with Crippen molar-refractivity contribution < 1.29 is 9.53 Å². The molecule has 0 aromatic carbocycles. The third-order valence-corrected chi connectivity index (χ3v) is 3.12. The molecular formula is C12H22O2. The van der Waals surface area contributed by atoms with Gasteiger partial charge in [0.25, 0.3) is 0 Å². The second kappa shape index (κ2) is 6.18. The third kappa shape index (κ3) is 4.23. The van der Waals surface area contributed by atoms with Crippen molar-refractivity contribution in [3.8, 4) is 0 Å². The molecule has 0 saturated heterocycles. The number of carbonyl (C=O) groups is 1. The molecule has 1 fully saturated rings. The fraction of sp³-hybridized carbons (Fsp3) is 0.917. The van der Waals surface area contributed by atoms with E-state index < -0.39 is 0 Å². The minimum absolute atomic E-state index is 0.433. The first-order valence-electron chi connectivity index (χ1n) is 5.81. The van der Waals surface area contributed by atoms with E-state index >= 15 is 0 Å². The quantitative estimate of drug-likeness (QED) is 0.679. The summed E-state index contributed by atoms with van der Waals surface area (Å²) in [6, 6.07) is 0. The Kier molecular flexibility index (Phi) is 5.16. The first-order chi connectivity index (χ1) is 6.72. The number of carbonyl (C=O) groups excluding carboxylic acids is 1. The summed E-state index contributed by atoms with van der Waals surface area (Å²) in [6.07, 6.45) is 4.82. The van der Waals surface area contributed by atoms with Crippen LogP contribution in [0, 0.1) is 11.8 Å². The molecule has 1 aliphatic rings. The maximum absolute atomic E-state index is 11.0. The predicted octanol–water partition coefficient (Wildman–Crippen LogP) is 2.81. The van der Waals surface area contributed by atoms with Crippen molar-refractivity contribution in [3.05, 3.63) is 0 Å². The molecule has 1 unspecified atom stereocenters. The fourth-order valence-corrected chi connectivity index (χ4v) is 1.72. The molecular weight excluding hydrogens is 176 g/mol. The molecule has 2 nitrogen and oxygen atoms in total. The van der Waals surface area contributed by atoms with Crippen molar-refractivity contribution in [2.24, 2.45) is 11.8 Å². The van der Waals surface area contributed by atoms with Gasteiger partial charge in [-0.3, -0.25) is 4.79 Å². The van der Waals surface area contributed by atoms with Gasteiger partial charge in [0.1, 0.15) is 5.78 Å². The van der Waals surface area contributed by atoms with Crippen LogP contribution in [0.5, 0.6) is 0 Å². The van der Waals surface area contributed by atoms with E-state index in [9.17, 15) is 4.79 Å². The Bertz CT molecular complexity index is 167. The summed E-state index contributed by atoms with van der Waals surface area (Å²) in [6.45, 7) is 6.14.